The van der Waals surface area contributed by atoms with E-state index in [0.29, 0.717) is 56.8 Å². The Morgan fingerprint density at radius 2 is 1.76 bits per heavy atom. The number of allylic oxidation sites excluding steroid dienone is 2. The molecule has 2 aromatic rings. The largest absolute Gasteiger partial charge is 0.492 e. The molecule has 7 atom stereocenters. The molecule has 58 heavy (non-hydrogen) atoms. The average Bonchev–Trinajstić information content (AvgIpc) is 4.02. The Morgan fingerprint density at radius 3 is 2.41 bits per heavy atom. The first kappa shape index (κ1) is 43.4. The second-order valence-corrected chi connectivity index (χ2v) is 20.1. The van der Waals surface area contributed by atoms with Crippen LogP contribution in [0.25, 0.3) is 10.8 Å². The van der Waals surface area contributed by atoms with Gasteiger partial charge in [-0.1, -0.05) is 44.2 Å². The molecule has 1 aromatic heterocycles. The van der Waals surface area contributed by atoms with Crippen molar-refractivity contribution >= 4 is 44.4 Å². The molecule has 0 bridgehead atoms. The summed E-state index contributed by atoms with van der Waals surface area (Å²) in [6.45, 7) is 10.6. The summed E-state index contributed by atoms with van der Waals surface area (Å²) < 4.78 is 74.2. The Labute approximate surface area is 339 Å². The third-order valence-electron chi connectivity index (χ3n) is 12.9. The van der Waals surface area contributed by atoms with E-state index in [-0.39, 0.29) is 37.6 Å². The molecule has 0 radical (unpaired) electrons. The van der Waals surface area contributed by atoms with Gasteiger partial charge in [0.15, 0.2) is 11.4 Å². The maximum atomic E-state index is 14.9. The number of alkyl halides is 2. The highest BCUT2D eigenvalue weighted by Gasteiger charge is 2.63. The number of carbonyl (C=O) groups is 4. The molecule has 4 aliphatic rings. The maximum absolute atomic E-state index is 14.9. The SMILES string of the molecule is CCOc1cnc(O[C@@H]2C[C@H]3C(=O)C[C@]4(C(=O)NS(=O)(=O)C5(C)CC5)C[C@H]4/C=C\CC[C@H](C)C[C@@H](C)[C@H](CC(=O)OC(C)(C)C(C)(F)F)C(=O)N3C2)c2ccccc12. The van der Waals surface area contributed by atoms with E-state index in [1.165, 1.54) is 4.90 Å². The number of aromatic nitrogens is 1. The van der Waals surface area contributed by atoms with Crippen LogP contribution in [0.1, 0.15) is 106 Å². The van der Waals surface area contributed by atoms with Gasteiger partial charge in [0.2, 0.25) is 27.7 Å². The molecular formula is C43H57F2N3O9S. The lowest BCUT2D eigenvalue weighted by Gasteiger charge is -2.34. The quantitative estimate of drug-likeness (QED) is 0.186. The summed E-state index contributed by atoms with van der Waals surface area (Å²) in [5.41, 5.74) is -3.49. The molecule has 1 saturated heterocycles. The van der Waals surface area contributed by atoms with E-state index >= 15 is 0 Å². The van der Waals surface area contributed by atoms with E-state index in [1.54, 1.807) is 13.1 Å². The summed E-state index contributed by atoms with van der Waals surface area (Å²) >= 11 is 0. The second kappa shape index (κ2) is 16.1. The Kier molecular flexibility index (Phi) is 12.1. The lowest BCUT2D eigenvalue weighted by molar-refractivity contribution is -0.197. The maximum Gasteiger partial charge on any atom is 0.307 e. The van der Waals surface area contributed by atoms with Crippen molar-refractivity contribution in [3.05, 3.63) is 42.6 Å². The van der Waals surface area contributed by atoms with Gasteiger partial charge in [0, 0.05) is 30.5 Å². The van der Waals surface area contributed by atoms with Gasteiger partial charge in [0.05, 0.1) is 47.9 Å². The molecular weight excluding hydrogens is 773 g/mol. The monoisotopic (exact) mass is 829 g/mol. The molecule has 6 rings (SSSR count). The lowest BCUT2D eigenvalue weighted by atomic mass is 9.82. The van der Waals surface area contributed by atoms with E-state index in [4.69, 9.17) is 14.2 Å². The zero-order valence-corrected chi connectivity index (χ0v) is 35.3. The highest BCUT2D eigenvalue weighted by molar-refractivity contribution is 7.91. The molecule has 12 nitrogen and oxygen atoms in total. The predicted molar refractivity (Wildman–Crippen MR) is 213 cm³/mol. The predicted octanol–water partition coefficient (Wildman–Crippen LogP) is 6.94. The van der Waals surface area contributed by atoms with Gasteiger partial charge in [0.25, 0.3) is 5.92 Å². The van der Waals surface area contributed by atoms with Gasteiger partial charge < -0.3 is 19.1 Å². The summed E-state index contributed by atoms with van der Waals surface area (Å²) in [6, 6.07) is 6.28. The van der Waals surface area contributed by atoms with Crippen LogP contribution in [0.4, 0.5) is 8.78 Å². The zero-order chi connectivity index (χ0) is 42.4. The molecule has 1 N–H and O–H groups in total. The minimum absolute atomic E-state index is 0.0272. The van der Waals surface area contributed by atoms with Gasteiger partial charge >= 0.3 is 5.97 Å². The van der Waals surface area contributed by atoms with Gasteiger partial charge in [-0.2, -0.15) is 0 Å². The summed E-state index contributed by atoms with van der Waals surface area (Å²) in [5.74, 6) is -6.99. The third-order valence-corrected chi connectivity index (χ3v) is 15.1. The first-order valence-corrected chi connectivity index (χ1v) is 21.9. The number of sulfonamides is 1. The minimum atomic E-state index is -4.01. The van der Waals surface area contributed by atoms with Crippen molar-refractivity contribution < 1.29 is 50.6 Å². The van der Waals surface area contributed by atoms with E-state index in [1.807, 2.05) is 57.2 Å². The summed E-state index contributed by atoms with van der Waals surface area (Å²) in [7, 11) is -4.01. The molecule has 318 valence electrons. The summed E-state index contributed by atoms with van der Waals surface area (Å²) in [4.78, 5) is 63.0. The van der Waals surface area contributed by atoms with E-state index < -0.39 is 91.6 Å². The number of ketones is 1. The third kappa shape index (κ3) is 8.89. The van der Waals surface area contributed by atoms with E-state index in [2.05, 4.69) is 9.71 Å². The number of fused-ring (bicyclic) bond motifs is 3. The molecule has 15 heteroatoms. The molecule has 0 spiro atoms. The Balaban J connectivity index is 1.36. The highest BCUT2D eigenvalue weighted by atomic mass is 32.2. The molecule has 2 saturated carbocycles. The lowest BCUT2D eigenvalue weighted by Crippen LogP contribution is -2.49. The van der Waals surface area contributed by atoms with Crippen LogP contribution in [-0.4, -0.2) is 83.4 Å². The Bertz CT molecular complexity index is 2060. The molecule has 2 aliphatic carbocycles. The normalized spacial score (nSPS) is 29.6. The Morgan fingerprint density at radius 1 is 1.07 bits per heavy atom. The topological polar surface area (TPSA) is 158 Å². The van der Waals surface area contributed by atoms with Crippen LogP contribution in [0.5, 0.6) is 11.6 Å². The summed E-state index contributed by atoms with van der Waals surface area (Å²) in [6.07, 6.45) is 6.82. The van der Waals surface area contributed by atoms with Crippen molar-refractivity contribution in [1.29, 1.82) is 0 Å². The number of Topliss-reactive ketones (excluding diaryl/α,β-unsaturated/α-hetero) is 1. The first-order valence-electron chi connectivity index (χ1n) is 20.4. The number of nitrogens with zero attached hydrogens (tertiary/aromatic N) is 2. The number of carbonyl (C=O) groups excluding carboxylic acids is 4. The minimum Gasteiger partial charge on any atom is -0.492 e. The highest BCUT2D eigenvalue weighted by Crippen LogP contribution is 2.58. The molecule has 0 unspecified atom stereocenters. The molecule has 2 aliphatic heterocycles. The van der Waals surface area contributed by atoms with E-state index in [0.717, 1.165) is 19.2 Å². The number of esters is 1. The van der Waals surface area contributed by atoms with Crippen molar-refractivity contribution in [3.8, 4) is 11.6 Å². The molecule has 2 amide bonds. The number of ether oxygens (including phenoxy) is 3. The van der Waals surface area contributed by atoms with Crippen molar-refractivity contribution in [2.75, 3.05) is 13.2 Å². The van der Waals surface area contributed by atoms with Crippen LogP contribution in [0.3, 0.4) is 0 Å². The van der Waals surface area contributed by atoms with Crippen LogP contribution in [0, 0.1) is 29.1 Å². The number of hydrogen-bond acceptors (Lipinski definition) is 10. The van der Waals surface area contributed by atoms with Crippen molar-refractivity contribution in [2.45, 2.75) is 135 Å². The van der Waals surface area contributed by atoms with Gasteiger partial charge in [-0.25, -0.2) is 22.2 Å². The van der Waals surface area contributed by atoms with Crippen molar-refractivity contribution in [2.24, 2.45) is 29.1 Å². The second-order valence-electron chi connectivity index (χ2n) is 17.9. The number of nitrogens with one attached hydrogen (secondary N) is 1. The number of hydrogen-bond donors (Lipinski definition) is 1. The number of pyridine rings is 1. The summed E-state index contributed by atoms with van der Waals surface area (Å²) in [5, 5.41) is 1.41. The average molecular weight is 830 g/mol. The van der Waals surface area contributed by atoms with Crippen LogP contribution < -0.4 is 14.2 Å². The Hall–Kier alpha value is -4.14. The van der Waals surface area contributed by atoms with Crippen LogP contribution in [0.2, 0.25) is 0 Å². The zero-order valence-electron chi connectivity index (χ0n) is 34.5. The first-order chi connectivity index (χ1) is 27.1. The standard InChI is InChI=1S/C43H57F2N3O9S/c1-8-55-35-24-46-37(31-16-12-11-15-30(31)35)56-29-20-33-34(49)23-43(39(52)47-58(53,54)41(6)17-18-41)22-28(43)14-10-9-13-26(2)19-27(3)32(38(51)48(33)25-29)21-36(50)57-40(4,5)42(7,44)45/h10-12,14-16,24,26-29,32-33H,8-9,13,17-23,25H2,1-7H3,(H,47,52)/b14-10-/t26-,27+,28+,29+,32-,33-,43+/m0/s1. The van der Waals surface area contributed by atoms with Gasteiger partial charge in [-0.15, -0.1) is 0 Å². The molecule has 1 aromatic carbocycles. The molecule has 3 fully saturated rings. The van der Waals surface area contributed by atoms with Gasteiger partial charge in [-0.3, -0.25) is 23.9 Å². The van der Waals surface area contributed by atoms with Crippen molar-refractivity contribution in [1.82, 2.24) is 14.6 Å². The number of benzene rings is 1. The number of halogens is 2. The van der Waals surface area contributed by atoms with Crippen LogP contribution >= 0.6 is 0 Å². The van der Waals surface area contributed by atoms with Crippen LogP contribution in [0.15, 0.2) is 42.6 Å². The fourth-order valence-corrected chi connectivity index (χ4v) is 9.68. The smallest absolute Gasteiger partial charge is 0.307 e. The number of rotatable bonds is 11. The fraction of sp³-hybridized carbons (Fsp3) is 0.651. The molecule has 3 heterocycles. The van der Waals surface area contributed by atoms with E-state index in [9.17, 15) is 36.4 Å². The fourth-order valence-electron chi connectivity index (χ4n) is 8.34. The van der Waals surface area contributed by atoms with Gasteiger partial charge in [-0.05, 0) is 90.0 Å². The van der Waals surface area contributed by atoms with Gasteiger partial charge in [0.1, 0.15) is 11.9 Å². The number of amides is 2. The van der Waals surface area contributed by atoms with Crippen LogP contribution in [-0.2, 0) is 33.9 Å². The van der Waals surface area contributed by atoms with Crippen molar-refractivity contribution in [3.63, 3.8) is 0 Å².